The average molecular weight is 428 g/mol. The molecule has 0 saturated heterocycles. The standard InChI is InChI=1S/C20H21N5O2S2/c1-5-24(13(3)26)19-21-14(10-28-19)11-29-20-23-22-18-8-12(2)16-7-6-15(27-4)9-17(16)25(18)20/h6-10H,5,11H2,1-4H3. The van der Waals surface area contributed by atoms with E-state index in [-0.39, 0.29) is 5.91 Å². The topological polar surface area (TPSA) is 72.6 Å². The van der Waals surface area contributed by atoms with Crippen LogP contribution in [0.25, 0.3) is 16.6 Å². The molecule has 0 aliphatic heterocycles. The van der Waals surface area contributed by atoms with Crippen molar-refractivity contribution >= 4 is 50.7 Å². The Bertz CT molecular complexity index is 1200. The first kappa shape index (κ1) is 19.7. The quantitative estimate of drug-likeness (QED) is 0.427. The highest BCUT2D eigenvalue weighted by Gasteiger charge is 2.16. The Morgan fingerprint density at radius 2 is 2.14 bits per heavy atom. The molecule has 1 aromatic carbocycles. The number of pyridine rings is 1. The van der Waals surface area contributed by atoms with Gasteiger partial charge in [-0.3, -0.25) is 14.1 Å². The highest BCUT2D eigenvalue weighted by molar-refractivity contribution is 7.98. The van der Waals surface area contributed by atoms with Gasteiger partial charge in [0.05, 0.1) is 18.3 Å². The van der Waals surface area contributed by atoms with Crippen molar-refractivity contribution in [3.8, 4) is 5.75 Å². The number of fused-ring (bicyclic) bond motifs is 3. The van der Waals surface area contributed by atoms with Gasteiger partial charge in [0.1, 0.15) is 5.75 Å². The van der Waals surface area contributed by atoms with Crippen molar-refractivity contribution in [2.24, 2.45) is 0 Å². The molecule has 0 spiro atoms. The van der Waals surface area contributed by atoms with Gasteiger partial charge in [-0.05, 0) is 37.6 Å². The fourth-order valence-electron chi connectivity index (χ4n) is 3.24. The van der Waals surface area contributed by atoms with E-state index in [1.807, 2.05) is 30.5 Å². The summed E-state index contributed by atoms with van der Waals surface area (Å²) in [5.74, 6) is 1.44. The molecule has 150 valence electrons. The summed E-state index contributed by atoms with van der Waals surface area (Å²) in [5.41, 5.74) is 3.88. The summed E-state index contributed by atoms with van der Waals surface area (Å²) in [6.45, 7) is 6.18. The Hall–Kier alpha value is -2.65. The second-order valence-electron chi connectivity index (χ2n) is 6.56. The Kier molecular flexibility index (Phi) is 5.42. The van der Waals surface area contributed by atoms with E-state index >= 15 is 0 Å². The van der Waals surface area contributed by atoms with Gasteiger partial charge in [-0.15, -0.1) is 21.5 Å². The van der Waals surface area contributed by atoms with Crippen LogP contribution < -0.4 is 9.64 Å². The van der Waals surface area contributed by atoms with Crippen LogP contribution in [0.5, 0.6) is 5.75 Å². The maximum Gasteiger partial charge on any atom is 0.225 e. The summed E-state index contributed by atoms with van der Waals surface area (Å²) >= 11 is 3.06. The number of amides is 1. The number of anilines is 1. The summed E-state index contributed by atoms with van der Waals surface area (Å²) in [6, 6.07) is 8.07. The minimum atomic E-state index is 0.000269. The molecule has 0 saturated carbocycles. The van der Waals surface area contributed by atoms with Gasteiger partial charge in [-0.25, -0.2) is 4.98 Å². The number of carbonyl (C=O) groups is 1. The van der Waals surface area contributed by atoms with E-state index in [0.717, 1.165) is 43.8 Å². The molecule has 3 heterocycles. The molecule has 0 atom stereocenters. The van der Waals surface area contributed by atoms with Crippen molar-refractivity contribution in [1.29, 1.82) is 0 Å². The first-order valence-electron chi connectivity index (χ1n) is 9.19. The molecular formula is C20H21N5O2S2. The van der Waals surface area contributed by atoms with Crippen molar-refractivity contribution in [1.82, 2.24) is 19.6 Å². The molecule has 0 aliphatic rings. The van der Waals surface area contributed by atoms with Crippen LogP contribution in [0.4, 0.5) is 5.13 Å². The van der Waals surface area contributed by atoms with Gasteiger partial charge in [0.2, 0.25) is 5.91 Å². The highest BCUT2D eigenvalue weighted by atomic mass is 32.2. The number of aromatic nitrogens is 4. The molecule has 9 heteroatoms. The fourth-order valence-corrected chi connectivity index (χ4v) is 5.12. The van der Waals surface area contributed by atoms with Crippen LogP contribution in [-0.2, 0) is 10.5 Å². The van der Waals surface area contributed by atoms with E-state index < -0.39 is 0 Å². The summed E-state index contributed by atoms with van der Waals surface area (Å²) in [6.07, 6.45) is 0. The van der Waals surface area contributed by atoms with E-state index in [2.05, 4.69) is 32.6 Å². The van der Waals surface area contributed by atoms with Gasteiger partial charge >= 0.3 is 0 Å². The molecule has 0 N–H and O–H groups in total. The summed E-state index contributed by atoms with van der Waals surface area (Å²) < 4.78 is 7.46. The number of carbonyl (C=O) groups excluding carboxylic acids is 1. The molecule has 3 aromatic heterocycles. The zero-order chi connectivity index (χ0) is 20.5. The lowest BCUT2D eigenvalue weighted by atomic mass is 10.1. The molecule has 0 bridgehead atoms. The number of methoxy groups -OCH3 is 1. The minimum absolute atomic E-state index is 0.000269. The maximum absolute atomic E-state index is 11.7. The van der Waals surface area contributed by atoms with Crippen LogP contribution in [0.15, 0.2) is 34.8 Å². The lowest BCUT2D eigenvalue weighted by Crippen LogP contribution is -2.27. The minimum Gasteiger partial charge on any atom is -0.497 e. The van der Waals surface area contributed by atoms with Gasteiger partial charge in [-0.1, -0.05) is 11.8 Å². The van der Waals surface area contributed by atoms with Crippen LogP contribution in [0, 0.1) is 6.92 Å². The first-order valence-corrected chi connectivity index (χ1v) is 11.1. The van der Waals surface area contributed by atoms with Gasteiger partial charge in [0, 0.05) is 36.1 Å². The molecule has 0 fully saturated rings. The van der Waals surface area contributed by atoms with Crippen molar-refractivity contribution in [3.05, 3.63) is 40.9 Å². The third-order valence-electron chi connectivity index (χ3n) is 4.69. The predicted molar refractivity (Wildman–Crippen MR) is 117 cm³/mol. The molecule has 0 unspecified atom stereocenters. The van der Waals surface area contributed by atoms with Crippen LogP contribution in [-0.4, -0.2) is 39.1 Å². The van der Waals surface area contributed by atoms with E-state index in [9.17, 15) is 4.79 Å². The van der Waals surface area contributed by atoms with Gasteiger partial charge in [-0.2, -0.15) is 0 Å². The van der Waals surface area contributed by atoms with Crippen LogP contribution in [0.2, 0.25) is 0 Å². The van der Waals surface area contributed by atoms with Crippen molar-refractivity contribution < 1.29 is 9.53 Å². The number of hydrogen-bond donors (Lipinski definition) is 0. The zero-order valence-electron chi connectivity index (χ0n) is 16.7. The third kappa shape index (κ3) is 3.67. The number of thioether (sulfide) groups is 1. The lowest BCUT2D eigenvalue weighted by Gasteiger charge is -2.14. The van der Waals surface area contributed by atoms with E-state index in [1.165, 1.54) is 11.3 Å². The number of benzene rings is 1. The maximum atomic E-state index is 11.7. The van der Waals surface area contributed by atoms with E-state index in [1.54, 1.807) is 30.7 Å². The van der Waals surface area contributed by atoms with Crippen LogP contribution in [0.3, 0.4) is 0 Å². The monoisotopic (exact) mass is 427 g/mol. The summed E-state index contributed by atoms with van der Waals surface area (Å²) in [5, 5.41) is 13.4. The second kappa shape index (κ2) is 8.00. The smallest absolute Gasteiger partial charge is 0.225 e. The van der Waals surface area contributed by atoms with Crippen LogP contribution in [0.1, 0.15) is 25.1 Å². The molecule has 4 rings (SSSR count). The number of ether oxygens (including phenoxy) is 1. The fraction of sp³-hybridized carbons (Fsp3) is 0.300. The molecule has 0 radical (unpaired) electrons. The Balaban J connectivity index is 1.66. The first-order chi connectivity index (χ1) is 14.0. The number of rotatable bonds is 6. The van der Waals surface area contributed by atoms with E-state index in [4.69, 9.17) is 4.74 Å². The average Bonchev–Trinajstić information content (AvgIpc) is 3.33. The van der Waals surface area contributed by atoms with Crippen molar-refractivity contribution in [2.75, 3.05) is 18.6 Å². The Morgan fingerprint density at radius 1 is 1.31 bits per heavy atom. The lowest BCUT2D eigenvalue weighted by molar-refractivity contribution is -0.116. The van der Waals surface area contributed by atoms with Gasteiger partial charge in [0.15, 0.2) is 15.9 Å². The molecule has 29 heavy (non-hydrogen) atoms. The molecule has 4 aromatic rings. The van der Waals surface area contributed by atoms with Crippen molar-refractivity contribution in [3.63, 3.8) is 0 Å². The highest BCUT2D eigenvalue weighted by Crippen LogP contribution is 2.31. The van der Waals surface area contributed by atoms with Gasteiger partial charge < -0.3 is 4.74 Å². The number of aryl methyl sites for hydroxylation is 1. The predicted octanol–water partition coefficient (Wildman–Crippen LogP) is 4.32. The summed E-state index contributed by atoms with van der Waals surface area (Å²) in [7, 11) is 1.66. The number of nitrogens with zero attached hydrogens (tertiary/aromatic N) is 5. The molecular weight excluding hydrogens is 406 g/mol. The zero-order valence-corrected chi connectivity index (χ0v) is 18.3. The number of thiazole rings is 1. The number of hydrogen-bond acceptors (Lipinski definition) is 7. The SMILES string of the molecule is CCN(C(C)=O)c1nc(CSc2nnc3cc(C)c4ccc(OC)cc4n23)cs1. The van der Waals surface area contributed by atoms with Crippen LogP contribution >= 0.6 is 23.1 Å². The van der Waals surface area contributed by atoms with E-state index in [0.29, 0.717) is 12.3 Å². The third-order valence-corrected chi connectivity index (χ3v) is 6.57. The second-order valence-corrected chi connectivity index (χ2v) is 8.34. The van der Waals surface area contributed by atoms with Gasteiger partial charge in [0.25, 0.3) is 0 Å². The molecule has 0 aliphatic carbocycles. The summed E-state index contributed by atoms with van der Waals surface area (Å²) in [4.78, 5) is 18.0. The Labute approximate surface area is 176 Å². The normalized spacial score (nSPS) is 11.3. The molecule has 7 nitrogen and oxygen atoms in total. The van der Waals surface area contributed by atoms with Crippen molar-refractivity contribution in [2.45, 2.75) is 31.7 Å². The largest absolute Gasteiger partial charge is 0.497 e. The molecule has 1 amide bonds. The Morgan fingerprint density at radius 3 is 2.86 bits per heavy atom.